The normalized spacial score (nSPS) is 9.83. The molecule has 1 aromatic carbocycles. The van der Waals surface area contributed by atoms with Gasteiger partial charge in [0, 0.05) is 33.1 Å². The number of esters is 2. The van der Waals surface area contributed by atoms with Crippen LogP contribution in [-0.4, -0.2) is 37.0 Å². The number of carbonyl (C=O) groups excluding carboxylic acids is 2. The van der Waals surface area contributed by atoms with Gasteiger partial charge in [0.15, 0.2) is 0 Å². The molecule has 1 N–H and O–H groups in total. The fraction of sp³-hybridized carbons (Fsp3) is 0.556. The van der Waals surface area contributed by atoms with Gasteiger partial charge in [-0.3, -0.25) is 14.5 Å². The van der Waals surface area contributed by atoms with Crippen LogP contribution in [0.3, 0.4) is 0 Å². The zero-order valence-electron chi connectivity index (χ0n) is 15.0. The SMILES string of the molecule is CC(=O)OC(C)=O.CCCN(CCC)Cc1ccc(NC)cc1. The summed E-state index contributed by atoms with van der Waals surface area (Å²) in [6, 6.07) is 8.71. The number of carbonyl (C=O) groups is 2. The van der Waals surface area contributed by atoms with Gasteiger partial charge in [-0.25, -0.2) is 0 Å². The lowest BCUT2D eigenvalue weighted by molar-refractivity contribution is -0.156. The van der Waals surface area contributed by atoms with Gasteiger partial charge in [0.1, 0.15) is 0 Å². The zero-order valence-corrected chi connectivity index (χ0v) is 15.0. The van der Waals surface area contributed by atoms with E-state index >= 15 is 0 Å². The van der Waals surface area contributed by atoms with Crippen molar-refractivity contribution in [2.24, 2.45) is 0 Å². The lowest BCUT2D eigenvalue weighted by Crippen LogP contribution is -2.24. The lowest BCUT2D eigenvalue weighted by atomic mass is 10.2. The average molecular weight is 322 g/mol. The van der Waals surface area contributed by atoms with Crippen molar-refractivity contribution in [1.29, 1.82) is 0 Å². The molecular weight excluding hydrogens is 292 g/mol. The third-order valence-electron chi connectivity index (χ3n) is 3.02. The van der Waals surface area contributed by atoms with Crippen LogP contribution >= 0.6 is 0 Å². The van der Waals surface area contributed by atoms with Gasteiger partial charge in [0.25, 0.3) is 0 Å². The second-order valence-corrected chi connectivity index (χ2v) is 5.31. The molecule has 130 valence electrons. The first-order valence-corrected chi connectivity index (χ1v) is 8.10. The summed E-state index contributed by atoms with van der Waals surface area (Å²) in [6.45, 7) is 10.3. The minimum Gasteiger partial charge on any atom is -0.394 e. The summed E-state index contributed by atoms with van der Waals surface area (Å²) < 4.78 is 3.97. The number of hydrogen-bond acceptors (Lipinski definition) is 5. The molecular formula is C18H30N2O3. The third-order valence-corrected chi connectivity index (χ3v) is 3.02. The van der Waals surface area contributed by atoms with Crippen molar-refractivity contribution >= 4 is 17.6 Å². The fourth-order valence-electron chi connectivity index (χ4n) is 2.14. The molecule has 0 bridgehead atoms. The molecule has 0 unspecified atom stereocenters. The Balaban J connectivity index is 0.000000585. The van der Waals surface area contributed by atoms with E-state index in [9.17, 15) is 9.59 Å². The molecule has 5 heteroatoms. The second-order valence-electron chi connectivity index (χ2n) is 5.31. The van der Waals surface area contributed by atoms with Crippen molar-refractivity contribution in [2.45, 2.75) is 47.1 Å². The monoisotopic (exact) mass is 322 g/mol. The van der Waals surface area contributed by atoms with Crippen LogP contribution in [0.15, 0.2) is 24.3 Å². The summed E-state index contributed by atoms with van der Waals surface area (Å²) in [4.78, 5) is 22.1. The molecule has 0 spiro atoms. The van der Waals surface area contributed by atoms with E-state index in [1.54, 1.807) is 0 Å². The van der Waals surface area contributed by atoms with E-state index in [4.69, 9.17) is 0 Å². The number of nitrogens with one attached hydrogen (secondary N) is 1. The van der Waals surface area contributed by atoms with Crippen LogP contribution in [0.25, 0.3) is 0 Å². The maximum absolute atomic E-state index is 9.81. The first-order chi connectivity index (χ1) is 10.9. The first kappa shape index (κ1) is 21.1. The van der Waals surface area contributed by atoms with E-state index < -0.39 is 11.9 Å². The Morgan fingerprint density at radius 3 is 1.78 bits per heavy atom. The average Bonchev–Trinajstić information content (AvgIpc) is 2.48. The Morgan fingerprint density at radius 1 is 1.00 bits per heavy atom. The number of anilines is 1. The summed E-state index contributed by atoms with van der Waals surface area (Å²) in [5.41, 5.74) is 2.59. The summed E-state index contributed by atoms with van der Waals surface area (Å²) >= 11 is 0. The van der Waals surface area contributed by atoms with Gasteiger partial charge in [0.2, 0.25) is 0 Å². The molecule has 1 rings (SSSR count). The Bertz CT molecular complexity index is 440. The summed E-state index contributed by atoms with van der Waals surface area (Å²) in [5, 5.41) is 3.14. The van der Waals surface area contributed by atoms with Gasteiger partial charge in [0.05, 0.1) is 0 Å². The highest BCUT2D eigenvalue weighted by molar-refractivity contribution is 5.82. The van der Waals surface area contributed by atoms with Crippen molar-refractivity contribution in [3.05, 3.63) is 29.8 Å². The fourth-order valence-corrected chi connectivity index (χ4v) is 2.14. The molecule has 0 heterocycles. The Hall–Kier alpha value is -1.88. The number of benzene rings is 1. The van der Waals surface area contributed by atoms with Crippen LogP contribution in [0.2, 0.25) is 0 Å². The summed E-state index contributed by atoms with van der Waals surface area (Å²) in [6.07, 6.45) is 2.46. The highest BCUT2D eigenvalue weighted by Crippen LogP contribution is 2.11. The van der Waals surface area contributed by atoms with E-state index in [1.165, 1.54) is 51.0 Å². The Morgan fingerprint density at radius 2 is 1.48 bits per heavy atom. The van der Waals surface area contributed by atoms with Gasteiger partial charge in [-0.15, -0.1) is 0 Å². The van der Waals surface area contributed by atoms with Crippen LogP contribution in [0.4, 0.5) is 5.69 Å². The minimum absolute atomic E-state index is 0.562. The van der Waals surface area contributed by atoms with Gasteiger partial charge in [-0.2, -0.15) is 0 Å². The predicted molar refractivity (Wildman–Crippen MR) is 94.3 cm³/mol. The zero-order chi connectivity index (χ0) is 17.7. The van der Waals surface area contributed by atoms with Gasteiger partial charge >= 0.3 is 11.9 Å². The highest BCUT2D eigenvalue weighted by Gasteiger charge is 2.03. The van der Waals surface area contributed by atoms with Gasteiger partial charge in [-0.1, -0.05) is 26.0 Å². The molecule has 0 saturated carbocycles. The highest BCUT2D eigenvalue weighted by atomic mass is 16.6. The van der Waals surface area contributed by atoms with Crippen molar-refractivity contribution < 1.29 is 14.3 Å². The number of ether oxygens (including phenoxy) is 1. The maximum Gasteiger partial charge on any atom is 0.310 e. The topological polar surface area (TPSA) is 58.6 Å². The number of hydrogen-bond donors (Lipinski definition) is 1. The number of nitrogens with zero attached hydrogens (tertiary/aromatic N) is 1. The van der Waals surface area contributed by atoms with Crippen LogP contribution in [0.1, 0.15) is 46.1 Å². The van der Waals surface area contributed by atoms with Crippen LogP contribution in [0.5, 0.6) is 0 Å². The quantitative estimate of drug-likeness (QED) is 0.615. The molecule has 1 aromatic rings. The Labute approximate surface area is 140 Å². The molecule has 23 heavy (non-hydrogen) atoms. The van der Waals surface area contributed by atoms with E-state index in [-0.39, 0.29) is 0 Å². The van der Waals surface area contributed by atoms with Crippen molar-refractivity contribution in [3.8, 4) is 0 Å². The second kappa shape index (κ2) is 12.6. The minimum atomic E-state index is -0.562. The Kier molecular flexibility index (Phi) is 11.6. The van der Waals surface area contributed by atoms with Crippen LogP contribution < -0.4 is 5.32 Å². The first-order valence-electron chi connectivity index (χ1n) is 8.10. The molecule has 0 aliphatic heterocycles. The summed E-state index contributed by atoms with van der Waals surface area (Å²) in [7, 11) is 1.95. The molecule has 0 aliphatic rings. The third kappa shape index (κ3) is 11.4. The van der Waals surface area contributed by atoms with E-state index in [0.29, 0.717) is 0 Å². The molecule has 0 saturated heterocycles. The maximum atomic E-state index is 9.81. The standard InChI is InChI=1S/C14H24N2.C4H6O3/c1-4-10-16(11-5-2)12-13-6-8-14(15-3)9-7-13;1-3(5)7-4(2)6/h6-9,15H,4-5,10-12H2,1-3H3;1-2H3. The number of rotatable bonds is 7. The van der Waals surface area contributed by atoms with E-state index in [0.717, 1.165) is 6.54 Å². The largest absolute Gasteiger partial charge is 0.394 e. The van der Waals surface area contributed by atoms with Crippen molar-refractivity contribution in [2.75, 3.05) is 25.5 Å². The lowest BCUT2D eigenvalue weighted by Gasteiger charge is -2.21. The molecule has 0 aromatic heterocycles. The van der Waals surface area contributed by atoms with E-state index in [1.807, 2.05) is 7.05 Å². The van der Waals surface area contributed by atoms with Crippen LogP contribution in [0, 0.1) is 0 Å². The van der Waals surface area contributed by atoms with E-state index in [2.05, 4.69) is 53.1 Å². The smallest absolute Gasteiger partial charge is 0.310 e. The molecule has 0 atom stereocenters. The van der Waals surface area contributed by atoms with Gasteiger partial charge < -0.3 is 10.1 Å². The molecule has 0 fully saturated rings. The molecule has 0 radical (unpaired) electrons. The molecule has 5 nitrogen and oxygen atoms in total. The van der Waals surface area contributed by atoms with Crippen molar-refractivity contribution in [1.82, 2.24) is 4.90 Å². The van der Waals surface area contributed by atoms with Crippen molar-refractivity contribution in [3.63, 3.8) is 0 Å². The molecule has 0 aliphatic carbocycles. The summed E-state index contributed by atoms with van der Waals surface area (Å²) in [5.74, 6) is -1.12. The predicted octanol–water partition coefficient (Wildman–Crippen LogP) is 3.45. The molecule has 0 amide bonds. The van der Waals surface area contributed by atoms with Crippen LogP contribution in [-0.2, 0) is 20.9 Å². The van der Waals surface area contributed by atoms with Gasteiger partial charge in [-0.05, 0) is 43.6 Å².